The number of primary amides is 1. The number of hydrogen-bond donors (Lipinski definition) is 4. The largest absolute Gasteiger partial charge is 0.479 e. The first kappa shape index (κ1) is 20.2. The van der Waals surface area contributed by atoms with Crippen molar-refractivity contribution in [3.63, 3.8) is 0 Å². The topological polar surface area (TPSA) is 142 Å². The summed E-state index contributed by atoms with van der Waals surface area (Å²) in [5.41, 5.74) is 2.90. The second-order valence-electron chi connectivity index (χ2n) is 7.07. The molecule has 0 spiro atoms. The minimum absolute atomic E-state index is 0.208. The lowest BCUT2D eigenvalue weighted by atomic mass is 9.95. The molecule has 24 heavy (non-hydrogen) atoms. The van der Waals surface area contributed by atoms with Crippen LogP contribution in [0.1, 0.15) is 40.5 Å². The predicted octanol–water partition coefficient (Wildman–Crippen LogP) is -0.335. The van der Waals surface area contributed by atoms with Crippen molar-refractivity contribution in [2.24, 2.45) is 5.73 Å². The summed E-state index contributed by atoms with van der Waals surface area (Å²) in [4.78, 5) is 36.8. The summed E-state index contributed by atoms with van der Waals surface area (Å²) in [6.45, 7) is 6.46. The van der Waals surface area contributed by atoms with Gasteiger partial charge >= 0.3 is 12.1 Å². The number of carboxylic acids is 1. The Kier molecular flexibility index (Phi) is 6.18. The van der Waals surface area contributed by atoms with E-state index in [0.29, 0.717) is 6.42 Å². The van der Waals surface area contributed by atoms with Gasteiger partial charge in [-0.2, -0.15) is 0 Å². The van der Waals surface area contributed by atoms with Crippen molar-refractivity contribution in [1.29, 1.82) is 0 Å². The first-order chi connectivity index (χ1) is 10.9. The summed E-state index contributed by atoms with van der Waals surface area (Å²) < 4.78 is 5.28. The van der Waals surface area contributed by atoms with Crippen LogP contribution in [0.15, 0.2) is 0 Å². The Balaban J connectivity index is 2.99. The van der Waals surface area contributed by atoms with Crippen LogP contribution in [0, 0.1) is 0 Å². The first-order valence-corrected chi connectivity index (χ1v) is 7.85. The fourth-order valence-electron chi connectivity index (χ4n) is 2.73. The van der Waals surface area contributed by atoms with Crippen LogP contribution in [0.5, 0.6) is 0 Å². The third kappa shape index (κ3) is 4.57. The molecule has 2 amide bonds. The monoisotopic (exact) mass is 345 g/mol. The summed E-state index contributed by atoms with van der Waals surface area (Å²) in [5, 5.41) is 22.0. The first-order valence-electron chi connectivity index (χ1n) is 7.85. The number of nitrogens with zero attached hydrogens (tertiary/aromatic N) is 1. The number of carboxylic acid groups (broad SMARTS) is 1. The second-order valence-corrected chi connectivity index (χ2v) is 7.07. The lowest BCUT2D eigenvalue weighted by Gasteiger charge is -2.37. The minimum atomic E-state index is -1.55. The van der Waals surface area contributed by atoms with Gasteiger partial charge in [-0.25, -0.2) is 9.59 Å². The van der Waals surface area contributed by atoms with Crippen molar-refractivity contribution >= 4 is 18.0 Å². The van der Waals surface area contributed by atoms with Crippen LogP contribution in [0.3, 0.4) is 0 Å². The van der Waals surface area contributed by atoms with Gasteiger partial charge in [0.05, 0.1) is 6.10 Å². The Hall–Kier alpha value is -1.87. The second kappa shape index (κ2) is 7.35. The smallest absolute Gasteiger partial charge is 0.411 e. The van der Waals surface area contributed by atoms with E-state index in [1.54, 1.807) is 20.8 Å². The van der Waals surface area contributed by atoms with Gasteiger partial charge in [-0.1, -0.05) is 0 Å². The highest BCUT2D eigenvalue weighted by Gasteiger charge is 2.51. The van der Waals surface area contributed by atoms with Gasteiger partial charge in [0, 0.05) is 13.1 Å². The SMILES string of the molecule is CC(O)C(NCC1(C(=O)O)CCCN1C(=O)OC(C)(C)C)C(N)=O. The van der Waals surface area contributed by atoms with Gasteiger partial charge in [-0.15, -0.1) is 0 Å². The Morgan fingerprint density at radius 1 is 1.38 bits per heavy atom. The number of aliphatic carboxylic acids is 1. The van der Waals surface area contributed by atoms with Gasteiger partial charge in [-0.3, -0.25) is 9.69 Å². The molecule has 1 saturated heterocycles. The van der Waals surface area contributed by atoms with Gasteiger partial charge in [0.1, 0.15) is 11.6 Å². The van der Waals surface area contributed by atoms with E-state index in [2.05, 4.69) is 5.32 Å². The molecule has 1 rings (SSSR count). The molecule has 1 aliphatic rings. The highest BCUT2D eigenvalue weighted by atomic mass is 16.6. The molecule has 138 valence electrons. The van der Waals surface area contributed by atoms with E-state index in [9.17, 15) is 24.6 Å². The number of ether oxygens (including phenoxy) is 1. The molecule has 9 heteroatoms. The number of rotatable bonds is 6. The molecule has 0 saturated carbocycles. The number of aliphatic hydroxyl groups is 1. The van der Waals surface area contributed by atoms with Crippen LogP contribution >= 0.6 is 0 Å². The van der Waals surface area contributed by atoms with Gasteiger partial charge in [0.25, 0.3) is 0 Å². The number of carbonyl (C=O) groups is 3. The van der Waals surface area contributed by atoms with Crippen LogP contribution in [0.4, 0.5) is 4.79 Å². The third-order valence-electron chi connectivity index (χ3n) is 3.90. The number of hydrogen-bond acceptors (Lipinski definition) is 6. The number of aliphatic hydroxyl groups excluding tert-OH is 1. The number of nitrogens with two attached hydrogens (primary N) is 1. The highest BCUT2D eigenvalue weighted by molar-refractivity contribution is 5.86. The van der Waals surface area contributed by atoms with Crippen LogP contribution in [-0.2, 0) is 14.3 Å². The number of likely N-dealkylation sites (tertiary alicyclic amines) is 1. The number of amides is 2. The molecular weight excluding hydrogens is 318 g/mol. The van der Waals surface area contributed by atoms with E-state index in [0.717, 1.165) is 4.90 Å². The number of nitrogens with one attached hydrogen (secondary N) is 1. The molecule has 0 aromatic carbocycles. The molecule has 0 aromatic heterocycles. The quantitative estimate of drug-likeness (QED) is 0.516. The van der Waals surface area contributed by atoms with Crippen LogP contribution in [0.25, 0.3) is 0 Å². The molecule has 9 nitrogen and oxygen atoms in total. The van der Waals surface area contributed by atoms with E-state index in [-0.39, 0.29) is 19.5 Å². The maximum Gasteiger partial charge on any atom is 0.411 e. The van der Waals surface area contributed by atoms with Crippen molar-refractivity contribution in [3.8, 4) is 0 Å². The maximum atomic E-state index is 12.4. The Morgan fingerprint density at radius 2 is 1.96 bits per heavy atom. The fourth-order valence-corrected chi connectivity index (χ4v) is 2.73. The highest BCUT2D eigenvalue weighted by Crippen LogP contribution is 2.31. The van der Waals surface area contributed by atoms with Gasteiger partial charge < -0.3 is 26.0 Å². The Labute approximate surface area is 141 Å². The molecule has 0 bridgehead atoms. The van der Waals surface area contributed by atoms with Crippen molar-refractivity contribution in [1.82, 2.24) is 10.2 Å². The third-order valence-corrected chi connectivity index (χ3v) is 3.90. The molecule has 0 radical (unpaired) electrons. The molecule has 0 aliphatic carbocycles. The lowest BCUT2D eigenvalue weighted by molar-refractivity contribution is -0.149. The zero-order valence-electron chi connectivity index (χ0n) is 14.5. The minimum Gasteiger partial charge on any atom is -0.479 e. The summed E-state index contributed by atoms with van der Waals surface area (Å²) in [7, 11) is 0. The fraction of sp³-hybridized carbons (Fsp3) is 0.800. The molecule has 0 aromatic rings. The zero-order chi connectivity index (χ0) is 18.7. The molecule has 3 atom stereocenters. The van der Waals surface area contributed by atoms with E-state index >= 15 is 0 Å². The predicted molar refractivity (Wildman–Crippen MR) is 85.2 cm³/mol. The summed E-state index contributed by atoms with van der Waals surface area (Å²) in [6.07, 6.45) is -1.12. The van der Waals surface area contributed by atoms with Crippen molar-refractivity contribution in [2.75, 3.05) is 13.1 Å². The molecule has 5 N–H and O–H groups in total. The molecule has 1 fully saturated rings. The van der Waals surface area contributed by atoms with Crippen LogP contribution < -0.4 is 11.1 Å². The zero-order valence-corrected chi connectivity index (χ0v) is 14.5. The van der Waals surface area contributed by atoms with E-state index in [4.69, 9.17) is 10.5 Å². The molecule has 1 aliphatic heterocycles. The van der Waals surface area contributed by atoms with Gasteiger partial charge in [-0.05, 0) is 40.5 Å². The average molecular weight is 345 g/mol. The standard InChI is InChI=1S/C15H27N3O6/c1-9(19)10(11(16)20)17-8-15(12(21)22)6-5-7-18(15)13(23)24-14(2,3)4/h9-10,17,19H,5-8H2,1-4H3,(H2,16,20)(H,21,22). The number of carbonyl (C=O) groups excluding carboxylic acids is 2. The van der Waals surface area contributed by atoms with Crippen molar-refractivity contribution in [3.05, 3.63) is 0 Å². The van der Waals surface area contributed by atoms with Crippen molar-refractivity contribution in [2.45, 2.75) is 63.8 Å². The van der Waals surface area contributed by atoms with E-state index in [1.165, 1.54) is 6.92 Å². The lowest BCUT2D eigenvalue weighted by Crippen LogP contribution is -2.62. The average Bonchev–Trinajstić information content (AvgIpc) is 2.81. The maximum absolute atomic E-state index is 12.4. The molecule has 3 unspecified atom stereocenters. The summed E-state index contributed by atoms with van der Waals surface area (Å²) >= 11 is 0. The van der Waals surface area contributed by atoms with Crippen molar-refractivity contribution < 1.29 is 29.3 Å². The Morgan fingerprint density at radius 3 is 2.38 bits per heavy atom. The summed E-state index contributed by atoms with van der Waals surface area (Å²) in [6, 6.07) is -1.11. The van der Waals surface area contributed by atoms with E-state index < -0.39 is 41.3 Å². The van der Waals surface area contributed by atoms with E-state index in [1.807, 2.05) is 0 Å². The van der Waals surface area contributed by atoms with Crippen LogP contribution in [-0.4, -0.2) is 69.5 Å². The van der Waals surface area contributed by atoms with Gasteiger partial charge in [0.15, 0.2) is 5.54 Å². The Bertz CT molecular complexity index is 502. The van der Waals surface area contributed by atoms with Gasteiger partial charge in [0.2, 0.25) is 5.91 Å². The summed E-state index contributed by atoms with van der Waals surface area (Å²) in [5.74, 6) is -2.00. The van der Waals surface area contributed by atoms with Crippen LogP contribution in [0.2, 0.25) is 0 Å². The molecule has 1 heterocycles. The normalized spacial score (nSPS) is 23.6. The molecular formula is C15H27N3O6.